The molecule has 1 aliphatic carbocycles. The van der Waals surface area contributed by atoms with Crippen molar-refractivity contribution in [2.45, 2.75) is 51.2 Å². The van der Waals surface area contributed by atoms with Gasteiger partial charge in [0.2, 0.25) is 5.91 Å². The molecule has 1 aromatic carbocycles. The van der Waals surface area contributed by atoms with Crippen LogP contribution in [0.1, 0.15) is 44.7 Å². The molecular formula is C15H21BrN2O. The molecule has 4 heteroatoms. The van der Waals surface area contributed by atoms with Crippen LogP contribution in [0.25, 0.3) is 0 Å². The molecule has 2 N–H and O–H groups in total. The van der Waals surface area contributed by atoms with Crippen molar-refractivity contribution in [1.29, 1.82) is 0 Å². The van der Waals surface area contributed by atoms with Crippen LogP contribution in [0.5, 0.6) is 0 Å². The van der Waals surface area contributed by atoms with Crippen LogP contribution in [0.3, 0.4) is 0 Å². The van der Waals surface area contributed by atoms with Gasteiger partial charge in [0.25, 0.3) is 0 Å². The molecule has 0 heterocycles. The summed E-state index contributed by atoms with van der Waals surface area (Å²) < 4.78 is 1.07. The molecule has 1 fully saturated rings. The minimum absolute atomic E-state index is 0.109. The molecule has 19 heavy (non-hydrogen) atoms. The summed E-state index contributed by atoms with van der Waals surface area (Å²) in [6, 6.07) is 8.74. The maximum atomic E-state index is 11.9. The summed E-state index contributed by atoms with van der Waals surface area (Å²) in [5.41, 5.74) is 1.22. The second kappa shape index (κ2) is 6.53. The molecule has 1 aromatic rings. The number of carbonyl (C=O) groups excluding carboxylic acids is 1. The Hall–Kier alpha value is -0.870. The fourth-order valence-corrected chi connectivity index (χ4v) is 2.34. The van der Waals surface area contributed by atoms with Crippen molar-refractivity contribution in [3.8, 4) is 0 Å². The van der Waals surface area contributed by atoms with Gasteiger partial charge in [0.15, 0.2) is 0 Å². The smallest absolute Gasteiger partial charge is 0.237 e. The lowest BCUT2D eigenvalue weighted by atomic mass is 10.0. The van der Waals surface area contributed by atoms with Crippen LogP contribution in [-0.2, 0) is 4.79 Å². The molecule has 2 atom stereocenters. The van der Waals surface area contributed by atoms with Crippen LogP contribution < -0.4 is 10.6 Å². The predicted molar refractivity (Wildman–Crippen MR) is 80.9 cm³/mol. The van der Waals surface area contributed by atoms with Crippen molar-refractivity contribution in [1.82, 2.24) is 10.6 Å². The number of benzene rings is 1. The molecule has 0 saturated heterocycles. The Balaban J connectivity index is 1.93. The average molecular weight is 325 g/mol. The summed E-state index contributed by atoms with van der Waals surface area (Å²) in [4.78, 5) is 11.9. The van der Waals surface area contributed by atoms with E-state index < -0.39 is 0 Å². The lowest BCUT2D eigenvalue weighted by Gasteiger charge is -2.22. The van der Waals surface area contributed by atoms with Gasteiger partial charge in [-0.1, -0.05) is 35.0 Å². The van der Waals surface area contributed by atoms with E-state index in [0.29, 0.717) is 6.04 Å². The van der Waals surface area contributed by atoms with Crippen LogP contribution in [-0.4, -0.2) is 18.0 Å². The number of amides is 1. The molecule has 0 aromatic heterocycles. The van der Waals surface area contributed by atoms with Gasteiger partial charge in [0.1, 0.15) is 0 Å². The van der Waals surface area contributed by atoms with Gasteiger partial charge in [-0.05, 0) is 43.9 Å². The normalized spacial score (nSPS) is 17.8. The highest BCUT2D eigenvalue weighted by molar-refractivity contribution is 9.10. The van der Waals surface area contributed by atoms with Gasteiger partial charge >= 0.3 is 0 Å². The van der Waals surface area contributed by atoms with Crippen molar-refractivity contribution in [3.05, 3.63) is 34.3 Å². The highest BCUT2D eigenvalue weighted by Gasteiger charge is 2.26. The Morgan fingerprint density at radius 1 is 1.37 bits per heavy atom. The maximum Gasteiger partial charge on any atom is 0.237 e. The Morgan fingerprint density at radius 3 is 2.53 bits per heavy atom. The Labute approximate surface area is 123 Å². The van der Waals surface area contributed by atoms with Crippen molar-refractivity contribution in [3.63, 3.8) is 0 Å². The largest absolute Gasteiger partial charge is 0.352 e. The van der Waals surface area contributed by atoms with Gasteiger partial charge in [-0.3, -0.25) is 10.1 Å². The summed E-state index contributed by atoms with van der Waals surface area (Å²) >= 11 is 3.44. The highest BCUT2D eigenvalue weighted by Crippen LogP contribution is 2.21. The molecular weight excluding hydrogens is 304 g/mol. The van der Waals surface area contributed by atoms with Gasteiger partial charge in [0.05, 0.1) is 6.04 Å². The van der Waals surface area contributed by atoms with Crippen molar-refractivity contribution >= 4 is 21.8 Å². The van der Waals surface area contributed by atoms with E-state index in [4.69, 9.17) is 0 Å². The number of hydrogen-bond donors (Lipinski definition) is 2. The van der Waals surface area contributed by atoms with Crippen molar-refractivity contribution in [2.24, 2.45) is 0 Å². The summed E-state index contributed by atoms with van der Waals surface area (Å²) in [6.45, 7) is 4.06. The zero-order chi connectivity index (χ0) is 13.8. The second-order valence-corrected chi connectivity index (χ2v) is 6.10. The predicted octanol–water partition coefficient (Wildman–Crippen LogP) is 3.16. The number of rotatable bonds is 6. The fourth-order valence-electron chi connectivity index (χ4n) is 2.08. The molecule has 104 valence electrons. The first-order valence-corrected chi connectivity index (χ1v) is 7.71. The average Bonchev–Trinajstić information content (AvgIpc) is 3.20. The fraction of sp³-hybridized carbons (Fsp3) is 0.533. The monoisotopic (exact) mass is 324 g/mol. The molecule has 0 aliphatic heterocycles. The van der Waals surface area contributed by atoms with Crippen LogP contribution in [0.4, 0.5) is 0 Å². The third-order valence-electron chi connectivity index (χ3n) is 3.45. The molecule has 1 aliphatic rings. The molecule has 3 nitrogen and oxygen atoms in total. The molecule has 0 radical (unpaired) electrons. The molecule has 0 spiro atoms. The second-order valence-electron chi connectivity index (χ2n) is 5.18. The lowest BCUT2D eigenvalue weighted by Crippen LogP contribution is -2.44. The molecule has 1 saturated carbocycles. The van der Waals surface area contributed by atoms with Gasteiger partial charge in [-0.25, -0.2) is 0 Å². The van der Waals surface area contributed by atoms with Gasteiger partial charge < -0.3 is 5.32 Å². The number of nitrogens with one attached hydrogen (secondary N) is 2. The third-order valence-corrected chi connectivity index (χ3v) is 3.98. The summed E-state index contributed by atoms with van der Waals surface area (Å²) in [7, 11) is 0. The Kier molecular flexibility index (Phi) is 4.99. The van der Waals surface area contributed by atoms with Gasteiger partial charge in [0, 0.05) is 16.6 Å². The van der Waals surface area contributed by atoms with E-state index in [1.807, 2.05) is 19.1 Å². The van der Waals surface area contributed by atoms with E-state index in [9.17, 15) is 4.79 Å². The van der Waals surface area contributed by atoms with E-state index >= 15 is 0 Å². The topological polar surface area (TPSA) is 41.1 Å². The van der Waals surface area contributed by atoms with E-state index in [2.05, 4.69) is 45.6 Å². The van der Waals surface area contributed by atoms with E-state index in [0.717, 1.165) is 23.7 Å². The number of hydrogen-bond acceptors (Lipinski definition) is 2. The zero-order valence-corrected chi connectivity index (χ0v) is 13.0. The van der Waals surface area contributed by atoms with Crippen LogP contribution in [0.2, 0.25) is 0 Å². The van der Waals surface area contributed by atoms with E-state index in [-0.39, 0.29) is 18.0 Å². The van der Waals surface area contributed by atoms with Crippen LogP contribution >= 0.6 is 15.9 Å². The van der Waals surface area contributed by atoms with Crippen molar-refractivity contribution in [2.75, 3.05) is 0 Å². The molecule has 0 unspecified atom stereocenters. The summed E-state index contributed by atoms with van der Waals surface area (Å²) in [5.74, 6) is 0.109. The molecule has 0 bridgehead atoms. The standard InChI is InChI=1S/C15H21BrN2O/c1-3-14(11-4-6-12(16)7-5-11)17-10(2)15(19)18-13-8-9-13/h4-7,10,13-14,17H,3,8-9H2,1-2H3,(H,18,19)/t10-,14+/m1/s1. The minimum atomic E-state index is -0.158. The first-order chi connectivity index (χ1) is 9.10. The Morgan fingerprint density at radius 2 is 2.00 bits per heavy atom. The first-order valence-electron chi connectivity index (χ1n) is 6.92. The van der Waals surface area contributed by atoms with Crippen molar-refractivity contribution < 1.29 is 4.79 Å². The summed E-state index contributed by atoms with van der Waals surface area (Å²) in [6.07, 6.45) is 3.22. The third kappa shape index (κ3) is 4.32. The minimum Gasteiger partial charge on any atom is -0.352 e. The molecule has 2 rings (SSSR count). The first kappa shape index (κ1) is 14.5. The number of halogens is 1. The maximum absolute atomic E-state index is 11.9. The van der Waals surface area contributed by atoms with E-state index in [1.165, 1.54) is 5.56 Å². The van der Waals surface area contributed by atoms with Crippen LogP contribution in [0, 0.1) is 0 Å². The zero-order valence-electron chi connectivity index (χ0n) is 11.4. The van der Waals surface area contributed by atoms with Gasteiger partial charge in [-0.15, -0.1) is 0 Å². The SMILES string of the molecule is CC[C@H](N[C@H](C)C(=O)NC1CC1)c1ccc(Br)cc1. The molecule has 1 amide bonds. The Bertz CT molecular complexity index is 428. The number of carbonyl (C=O) groups is 1. The highest BCUT2D eigenvalue weighted by atomic mass is 79.9. The van der Waals surface area contributed by atoms with Crippen LogP contribution in [0.15, 0.2) is 28.7 Å². The lowest BCUT2D eigenvalue weighted by molar-refractivity contribution is -0.123. The van der Waals surface area contributed by atoms with E-state index in [1.54, 1.807) is 0 Å². The summed E-state index contributed by atoms with van der Waals surface area (Å²) in [5, 5.41) is 6.44. The quantitative estimate of drug-likeness (QED) is 0.843. The van der Waals surface area contributed by atoms with Gasteiger partial charge in [-0.2, -0.15) is 0 Å².